The van der Waals surface area contributed by atoms with E-state index in [2.05, 4.69) is 9.97 Å². The maximum absolute atomic E-state index is 8.70. The Hall–Kier alpha value is -0.840. The zero-order valence-electron chi connectivity index (χ0n) is 8.03. The van der Waals surface area contributed by atoms with Gasteiger partial charge in [0.2, 0.25) is 0 Å². The number of thiophene rings is 1. The smallest absolute Gasteiger partial charge is 0.106 e. The highest BCUT2D eigenvalue weighted by atomic mass is 35.5. The van der Waals surface area contributed by atoms with Gasteiger partial charge in [-0.3, -0.25) is 0 Å². The van der Waals surface area contributed by atoms with E-state index in [9.17, 15) is 0 Å². The summed E-state index contributed by atoms with van der Waals surface area (Å²) in [4.78, 5) is 8.53. The first-order valence-electron chi connectivity index (χ1n) is 4.70. The summed E-state index contributed by atoms with van der Waals surface area (Å²) in [6.07, 6.45) is 3.31. The fraction of sp³-hybridized carbons (Fsp3) is 0.300. The molecule has 3 nitrogen and oxygen atoms in total. The average Bonchev–Trinajstić information content (AvgIpc) is 2.83. The van der Waals surface area contributed by atoms with E-state index in [4.69, 9.17) is 16.7 Å². The SMILES string of the molecule is OCCCc1ncc(-c2ccc(Cl)s2)[nH]1. The van der Waals surface area contributed by atoms with Crippen molar-refractivity contribution in [1.82, 2.24) is 9.97 Å². The van der Waals surface area contributed by atoms with Crippen molar-refractivity contribution < 1.29 is 5.11 Å². The van der Waals surface area contributed by atoms with Gasteiger partial charge in [0, 0.05) is 13.0 Å². The number of imidazole rings is 1. The lowest BCUT2D eigenvalue weighted by molar-refractivity contribution is 0.287. The van der Waals surface area contributed by atoms with Gasteiger partial charge >= 0.3 is 0 Å². The minimum Gasteiger partial charge on any atom is -0.396 e. The zero-order chi connectivity index (χ0) is 10.7. The van der Waals surface area contributed by atoms with Crippen molar-refractivity contribution in [2.24, 2.45) is 0 Å². The van der Waals surface area contributed by atoms with E-state index < -0.39 is 0 Å². The minimum atomic E-state index is 0.195. The van der Waals surface area contributed by atoms with Crippen LogP contribution in [0.4, 0.5) is 0 Å². The summed E-state index contributed by atoms with van der Waals surface area (Å²) >= 11 is 7.37. The lowest BCUT2D eigenvalue weighted by atomic mass is 10.3. The molecule has 0 aliphatic carbocycles. The van der Waals surface area contributed by atoms with Crippen LogP contribution in [0.2, 0.25) is 4.34 Å². The molecule has 2 aromatic heterocycles. The van der Waals surface area contributed by atoms with E-state index in [0.29, 0.717) is 0 Å². The van der Waals surface area contributed by atoms with Crippen LogP contribution in [-0.4, -0.2) is 21.7 Å². The van der Waals surface area contributed by atoms with Crippen LogP contribution in [0.1, 0.15) is 12.2 Å². The van der Waals surface area contributed by atoms with Crippen LogP contribution in [0.3, 0.4) is 0 Å². The number of aliphatic hydroxyl groups excluding tert-OH is 1. The number of nitrogens with one attached hydrogen (secondary N) is 1. The minimum absolute atomic E-state index is 0.195. The number of halogens is 1. The van der Waals surface area contributed by atoms with Gasteiger partial charge in [-0.2, -0.15) is 0 Å². The Morgan fingerprint density at radius 3 is 3.00 bits per heavy atom. The number of hydrogen-bond donors (Lipinski definition) is 2. The molecular weight excluding hydrogens is 232 g/mol. The molecule has 0 radical (unpaired) electrons. The largest absolute Gasteiger partial charge is 0.396 e. The van der Waals surface area contributed by atoms with Gasteiger partial charge in [0.1, 0.15) is 5.82 Å². The highest BCUT2D eigenvalue weighted by molar-refractivity contribution is 7.19. The second-order valence-electron chi connectivity index (χ2n) is 3.17. The first-order chi connectivity index (χ1) is 7.29. The number of nitrogens with zero attached hydrogens (tertiary/aromatic N) is 1. The molecule has 0 unspecified atom stereocenters. The molecule has 2 heterocycles. The number of aromatic nitrogens is 2. The summed E-state index contributed by atoms with van der Waals surface area (Å²) < 4.78 is 0.775. The van der Waals surface area contributed by atoms with Crippen LogP contribution >= 0.6 is 22.9 Å². The predicted octanol–water partition coefficient (Wildman–Crippen LogP) is 2.72. The molecule has 0 saturated heterocycles. The lowest BCUT2D eigenvalue weighted by Gasteiger charge is -1.92. The van der Waals surface area contributed by atoms with Gasteiger partial charge in [-0.05, 0) is 18.6 Å². The zero-order valence-corrected chi connectivity index (χ0v) is 9.61. The number of aliphatic hydroxyl groups is 1. The van der Waals surface area contributed by atoms with E-state index in [0.717, 1.165) is 33.6 Å². The Morgan fingerprint density at radius 1 is 1.47 bits per heavy atom. The van der Waals surface area contributed by atoms with Crippen LogP contribution < -0.4 is 0 Å². The van der Waals surface area contributed by atoms with Crippen LogP contribution in [0.15, 0.2) is 18.3 Å². The summed E-state index contributed by atoms with van der Waals surface area (Å²) in [5.74, 6) is 0.906. The molecule has 80 valence electrons. The average molecular weight is 243 g/mol. The molecule has 0 fully saturated rings. The van der Waals surface area contributed by atoms with E-state index in [1.54, 1.807) is 6.20 Å². The van der Waals surface area contributed by atoms with Crippen LogP contribution in [-0.2, 0) is 6.42 Å². The number of aromatic amines is 1. The normalized spacial score (nSPS) is 10.8. The van der Waals surface area contributed by atoms with Crippen LogP contribution in [0.25, 0.3) is 10.6 Å². The van der Waals surface area contributed by atoms with Crippen molar-refractivity contribution in [3.63, 3.8) is 0 Å². The number of aryl methyl sites for hydroxylation is 1. The molecule has 0 amide bonds. The third kappa shape index (κ3) is 2.59. The topological polar surface area (TPSA) is 48.9 Å². The molecule has 2 rings (SSSR count). The van der Waals surface area contributed by atoms with Crippen molar-refractivity contribution in [1.29, 1.82) is 0 Å². The second kappa shape index (κ2) is 4.79. The summed E-state index contributed by atoms with van der Waals surface area (Å²) in [6, 6.07) is 3.84. The first kappa shape index (κ1) is 10.7. The molecule has 5 heteroatoms. The summed E-state index contributed by atoms with van der Waals surface area (Å²) in [7, 11) is 0. The molecule has 2 aromatic rings. The Bertz CT molecular complexity index is 438. The lowest BCUT2D eigenvalue weighted by Crippen LogP contribution is -1.91. The molecular formula is C10H11ClN2OS. The standard InChI is InChI=1S/C10H11ClN2OS/c11-9-4-3-8(15-9)7-6-12-10(13-7)2-1-5-14/h3-4,6,14H,1-2,5H2,(H,12,13). The van der Waals surface area contributed by atoms with Gasteiger partial charge in [0.05, 0.1) is 21.1 Å². The molecule has 15 heavy (non-hydrogen) atoms. The molecule has 2 N–H and O–H groups in total. The molecule has 0 aliphatic heterocycles. The highest BCUT2D eigenvalue weighted by Gasteiger charge is 2.05. The van der Waals surface area contributed by atoms with Gasteiger partial charge in [0.25, 0.3) is 0 Å². The summed E-state index contributed by atoms with van der Waals surface area (Å²) in [5, 5.41) is 8.70. The Morgan fingerprint density at radius 2 is 2.33 bits per heavy atom. The van der Waals surface area contributed by atoms with Crippen LogP contribution in [0, 0.1) is 0 Å². The second-order valence-corrected chi connectivity index (χ2v) is 4.89. The fourth-order valence-electron chi connectivity index (χ4n) is 1.32. The fourth-order valence-corrected chi connectivity index (χ4v) is 2.33. The maximum atomic E-state index is 8.70. The van der Waals surface area contributed by atoms with Gasteiger partial charge in [0.15, 0.2) is 0 Å². The number of rotatable bonds is 4. The van der Waals surface area contributed by atoms with E-state index in [1.165, 1.54) is 11.3 Å². The molecule has 0 atom stereocenters. The van der Waals surface area contributed by atoms with Gasteiger partial charge in [-0.1, -0.05) is 11.6 Å². The number of H-pyrrole nitrogens is 1. The Kier molecular flexibility index (Phi) is 3.41. The highest BCUT2D eigenvalue weighted by Crippen LogP contribution is 2.29. The van der Waals surface area contributed by atoms with Crippen molar-refractivity contribution >= 4 is 22.9 Å². The quantitative estimate of drug-likeness (QED) is 0.866. The van der Waals surface area contributed by atoms with Crippen LogP contribution in [0.5, 0.6) is 0 Å². The molecule has 0 aliphatic rings. The van der Waals surface area contributed by atoms with Crippen molar-refractivity contribution in [3.8, 4) is 10.6 Å². The molecule has 0 spiro atoms. The van der Waals surface area contributed by atoms with E-state index in [1.807, 2.05) is 12.1 Å². The monoisotopic (exact) mass is 242 g/mol. The van der Waals surface area contributed by atoms with Crippen molar-refractivity contribution in [2.45, 2.75) is 12.8 Å². The predicted molar refractivity (Wildman–Crippen MR) is 62.3 cm³/mol. The Labute approximate surface area is 96.7 Å². The van der Waals surface area contributed by atoms with E-state index >= 15 is 0 Å². The van der Waals surface area contributed by atoms with Gasteiger partial charge in [-0.15, -0.1) is 11.3 Å². The van der Waals surface area contributed by atoms with Gasteiger partial charge < -0.3 is 10.1 Å². The maximum Gasteiger partial charge on any atom is 0.106 e. The third-order valence-electron chi connectivity index (χ3n) is 2.04. The van der Waals surface area contributed by atoms with E-state index in [-0.39, 0.29) is 6.61 Å². The van der Waals surface area contributed by atoms with Crippen molar-refractivity contribution in [2.75, 3.05) is 6.61 Å². The molecule has 0 saturated carbocycles. The molecule has 0 aromatic carbocycles. The molecule has 0 bridgehead atoms. The van der Waals surface area contributed by atoms with Gasteiger partial charge in [-0.25, -0.2) is 4.98 Å². The summed E-state index contributed by atoms with van der Waals surface area (Å²) in [6.45, 7) is 0.195. The third-order valence-corrected chi connectivity index (χ3v) is 3.30. The Balaban J connectivity index is 2.13. The summed E-state index contributed by atoms with van der Waals surface area (Å²) in [5.41, 5.74) is 0.986. The number of hydrogen-bond acceptors (Lipinski definition) is 3. The van der Waals surface area contributed by atoms with Crippen molar-refractivity contribution in [3.05, 3.63) is 28.5 Å². The first-order valence-corrected chi connectivity index (χ1v) is 5.89.